The summed E-state index contributed by atoms with van der Waals surface area (Å²) in [6, 6.07) is 0. The molecule has 2 fully saturated rings. The lowest BCUT2D eigenvalue weighted by atomic mass is 10.0. The molecule has 0 amide bonds. The lowest BCUT2D eigenvalue weighted by Gasteiger charge is -2.15. The van der Waals surface area contributed by atoms with E-state index in [9.17, 15) is 0 Å². The van der Waals surface area contributed by atoms with Crippen molar-refractivity contribution in [3.8, 4) is 0 Å². The van der Waals surface area contributed by atoms with E-state index in [1.54, 1.807) is 0 Å². The van der Waals surface area contributed by atoms with Crippen LogP contribution in [0.5, 0.6) is 0 Å². The van der Waals surface area contributed by atoms with Gasteiger partial charge in [-0.25, -0.2) is 9.97 Å². The highest BCUT2D eigenvalue weighted by Gasteiger charge is 2.27. The second kappa shape index (κ2) is 5.32. The maximum atomic E-state index is 6.30. The number of hydrogen-bond acceptors (Lipinski definition) is 3. The highest BCUT2D eigenvalue weighted by Crippen LogP contribution is 2.40. The first-order valence-electron chi connectivity index (χ1n) is 6.60. The summed E-state index contributed by atoms with van der Waals surface area (Å²) in [6.07, 6.45) is 6.74. The zero-order chi connectivity index (χ0) is 12.5. The third-order valence-electron chi connectivity index (χ3n) is 3.85. The standard InChI is InChI=1S/C13H16Cl2N2O/c14-11-10(8-4-1-2-5-8)12(15)17-13(16-11)9-6-3-7-18-9/h8-9H,1-7H2. The first-order chi connectivity index (χ1) is 8.75. The highest BCUT2D eigenvalue weighted by molar-refractivity contribution is 6.34. The van der Waals surface area contributed by atoms with Crippen LogP contribution in [0.2, 0.25) is 10.3 Å². The van der Waals surface area contributed by atoms with Gasteiger partial charge < -0.3 is 4.74 Å². The van der Waals surface area contributed by atoms with Gasteiger partial charge in [-0.2, -0.15) is 0 Å². The van der Waals surface area contributed by atoms with Crippen molar-refractivity contribution in [1.29, 1.82) is 0 Å². The van der Waals surface area contributed by atoms with Gasteiger partial charge in [0.25, 0.3) is 0 Å². The average Bonchev–Trinajstić information content (AvgIpc) is 3.01. The van der Waals surface area contributed by atoms with E-state index in [0.717, 1.165) is 37.9 Å². The molecule has 1 aliphatic carbocycles. The Morgan fingerprint density at radius 1 is 0.944 bits per heavy atom. The normalized spacial score (nSPS) is 24.9. The molecule has 0 aromatic carbocycles. The first kappa shape index (κ1) is 12.6. The molecule has 1 aromatic rings. The molecule has 1 saturated carbocycles. The summed E-state index contributed by atoms with van der Waals surface area (Å²) in [7, 11) is 0. The zero-order valence-corrected chi connectivity index (χ0v) is 11.7. The van der Waals surface area contributed by atoms with Crippen molar-refractivity contribution in [3.63, 3.8) is 0 Å². The van der Waals surface area contributed by atoms with Crippen molar-refractivity contribution in [2.24, 2.45) is 0 Å². The van der Waals surface area contributed by atoms with Gasteiger partial charge in [-0.1, -0.05) is 36.0 Å². The van der Waals surface area contributed by atoms with Crippen LogP contribution in [0.25, 0.3) is 0 Å². The Hall–Kier alpha value is -0.380. The van der Waals surface area contributed by atoms with E-state index in [-0.39, 0.29) is 6.10 Å². The molecule has 2 aliphatic rings. The Bertz CT molecular complexity index is 418. The molecule has 0 radical (unpaired) electrons. The molecule has 1 aromatic heterocycles. The summed E-state index contributed by atoms with van der Waals surface area (Å²) in [5, 5.41) is 1.04. The third kappa shape index (κ3) is 2.36. The van der Waals surface area contributed by atoms with Gasteiger partial charge in [-0.15, -0.1) is 0 Å². The van der Waals surface area contributed by atoms with Gasteiger partial charge in [0, 0.05) is 12.2 Å². The Morgan fingerprint density at radius 2 is 1.61 bits per heavy atom. The molecule has 0 bridgehead atoms. The summed E-state index contributed by atoms with van der Waals surface area (Å²) < 4.78 is 5.57. The van der Waals surface area contributed by atoms with Gasteiger partial charge in [0.1, 0.15) is 16.4 Å². The van der Waals surface area contributed by atoms with Gasteiger partial charge in [0.05, 0.1) is 0 Å². The smallest absolute Gasteiger partial charge is 0.160 e. The molecular formula is C13H16Cl2N2O. The summed E-state index contributed by atoms with van der Waals surface area (Å²) in [5.41, 5.74) is 0.942. The first-order valence-corrected chi connectivity index (χ1v) is 7.35. The van der Waals surface area contributed by atoms with Crippen LogP contribution in [0.3, 0.4) is 0 Å². The summed E-state index contributed by atoms with van der Waals surface area (Å²) in [5.74, 6) is 1.08. The topological polar surface area (TPSA) is 35.0 Å². The Morgan fingerprint density at radius 3 is 2.17 bits per heavy atom. The van der Waals surface area contributed by atoms with E-state index in [1.165, 1.54) is 12.8 Å². The van der Waals surface area contributed by atoms with Crippen molar-refractivity contribution < 1.29 is 4.74 Å². The molecule has 5 heteroatoms. The second-order valence-corrected chi connectivity index (χ2v) is 5.78. The fraction of sp³-hybridized carbons (Fsp3) is 0.692. The Balaban J connectivity index is 1.92. The van der Waals surface area contributed by atoms with Crippen LogP contribution in [0, 0.1) is 0 Å². The summed E-state index contributed by atoms with van der Waals surface area (Å²) in [4.78, 5) is 8.81. The number of nitrogens with zero attached hydrogens (tertiary/aromatic N) is 2. The van der Waals surface area contributed by atoms with Crippen molar-refractivity contribution >= 4 is 23.2 Å². The summed E-state index contributed by atoms with van der Waals surface area (Å²) in [6.45, 7) is 0.771. The number of ether oxygens (including phenoxy) is 1. The van der Waals surface area contributed by atoms with Gasteiger partial charge in [0.15, 0.2) is 5.82 Å². The lowest BCUT2D eigenvalue weighted by Crippen LogP contribution is -2.07. The van der Waals surface area contributed by atoms with Crippen LogP contribution in [0.4, 0.5) is 0 Å². The van der Waals surface area contributed by atoms with E-state index in [1.807, 2.05) is 0 Å². The fourth-order valence-corrected chi connectivity index (χ4v) is 3.62. The largest absolute Gasteiger partial charge is 0.370 e. The molecule has 0 N–H and O–H groups in total. The predicted molar refractivity (Wildman–Crippen MR) is 71.2 cm³/mol. The van der Waals surface area contributed by atoms with Crippen LogP contribution in [-0.4, -0.2) is 16.6 Å². The second-order valence-electron chi connectivity index (χ2n) is 5.06. The van der Waals surface area contributed by atoms with Crippen LogP contribution >= 0.6 is 23.2 Å². The molecule has 3 nitrogen and oxygen atoms in total. The SMILES string of the molecule is Clc1nc(C2CCCO2)nc(Cl)c1C1CCCC1. The molecule has 0 spiro atoms. The average molecular weight is 287 g/mol. The van der Waals surface area contributed by atoms with Crippen molar-refractivity contribution in [1.82, 2.24) is 9.97 Å². The predicted octanol–water partition coefficient (Wildman–Crippen LogP) is 4.29. The maximum absolute atomic E-state index is 6.30. The summed E-state index contributed by atoms with van der Waals surface area (Å²) >= 11 is 12.6. The highest BCUT2D eigenvalue weighted by atomic mass is 35.5. The number of rotatable bonds is 2. The lowest BCUT2D eigenvalue weighted by molar-refractivity contribution is 0.105. The zero-order valence-electron chi connectivity index (χ0n) is 10.2. The number of aromatic nitrogens is 2. The van der Waals surface area contributed by atoms with Crippen molar-refractivity contribution in [2.75, 3.05) is 6.61 Å². The van der Waals surface area contributed by atoms with Crippen LogP contribution in [0.15, 0.2) is 0 Å². The van der Waals surface area contributed by atoms with Gasteiger partial charge in [-0.05, 0) is 31.6 Å². The van der Waals surface area contributed by atoms with Crippen molar-refractivity contribution in [3.05, 3.63) is 21.7 Å². The molecule has 3 rings (SSSR count). The quantitative estimate of drug-likeness (QED) is 0.761. The molecule has 1 unspecified atom stereocenters. The van der Waals surface area contributed by atoms with E-state index < -0.39 is 0 Å². The third-order valence-corrected chi connectivity index (χ3v) is 4.43. The van der Waals surface area contributed by atoms with Gasteiger partial charge >= 0.3 is 0 Å². The minimum atomic E-state index is -0.0300. The Kier molecular flexibility index (Phi) is 3.73. The van der Waals surface area contributed by atoms with Crippen LogP contribution in [-0.2, 0) is 4.74 Å². The Labute approximate surface area is 117 Å². The maximum Gasteiger partial charge on any atom is 0.160 e. The number of halogens is 2. The molecule has 18 heavy (non-hydrogen) atoms. The van der Waals surface area contributed by atoms with E-state index >= 15 is 0 Å². The van der Waals surface area contributed by atoms with Crippen LogP contribution in [0.1, 0.15) is 61.9 Å². The van der Waals surface area contributed by atoms with Crippen molar-refractivity contribution in [2.45, 2.75) is 50.5 Å². The van der Waals surface area contributed by atoms with Crippen LogP contribution < -0.4 is 0 Å². The molecule has 98 valence electrons. The van der Waals surface area contributed by atoms with E-state index in [0.29, 0.717) is 22.0 Å². The number of hydrogen-bond donors (Lipinski definition) is 0. The molecule has 1 atom stereocenters. The molecular weight excluding hydrogens is 271 g/mol. The van der Waals surface area contributed by atoms with E-state index in [2.05, 4.69) is 9.97 Å². The fourth-order valence-electron chi connectivity index (χ4n) is 2.91. The minimum absolute atomic E-state index is 0.0300. The van der Waals surface area contributed by atoms with E-state index in [4.69, 9.17) is 27.9 Å². The molecule has 1 aliphatic heterocycles. The molecule has 1 saturated heterocycles. The van der Waals surface area contributed by atoms with Gasteiger partial charge in [-0.3, -0.25) is 0 Å². The van der Waals surface area contributed by atoms with Gasteiger partial charge in [0.2, 0.25) is 0 Å². The minimum Gasteiger partial charge on any atom is -0.370 e. The molecule has 2 heterocycles. The monoisotopic (exact) mass is 286 g/mol.